The summed E-state index contributed by atoms with van der Waals surface area (Å²) in [6.45, 7) is 2.64. The molecule has 1 heterocycles. The maximum atomic E-state index is 12.5. The zero-order valence-electron chi connectivity index (χ0n) is 18.1. The summed E-state index contributed by atoms with van der Waals surface area (Å²) < 4.78 is 35.2. The summed E-state index contributed by atoms with van der Waals surface area (Å²) in [5.74, 6) is -0.281. The van der Waals surface area contributed by atoms with E-state index in [1.165, 1.54) is 4.90 Å². The van der Waals surface area contributed by atoms with Crippen LogP contribution in [0.4, 0.5) is 4.79 Å². The summed E-state index contributed by atoms with van der Waals surface area (Å²) in [5, 5.41) is 0. The Bertz CT molecular complexity index is 1010. The Morgan fingerprint density at radius 1 is 1.06 bits per heavy atom. The molecule has 0 saturated heterocycles. The first-order valence-electron chi connectivity index (χ1n) is 10.4. The second-order valence-corrected chi connectivity index (χ2v) is 9.45. The maximum Gasteiger partial charge on any atom is 0.431 e. The third kappa shape index (κ3) is 7.37. The Hall–Kier alpha value is -2.88. The van der Waals surface area contributed by atoms with E-state index in [1.54, 1.807) is 6.20 Å². The molecule has 32 heavy (non-hydrogen) atoms. The molecular weight excluding hydrogens is 430 g/mol. The van der Waals surface area contributed by atoms with Gasteiger partial charge in [0, 0.05) is 24.4 Å². The van der Waals surface area contributed by atoms with E-state index >= 15 is 0 Å². The molecule has 1 aliphatic heterocycles. The smallest absolute Gasteiger partial charge is 0.356 e. The number of aryl methyl sites for hydroxylation is 1. The number of rotatable bonds is 10. The van der Waals surface area contributed by atoms with Crippen molar-refractivity contribution < 1.29 is 22.1 Å². The van der Waals surface area contributed by atoms with Gasteiger partial charge >= 0.3 is 16.2 Å². The van der Waals surface area contributed by atoms with Crippen LogP contribution in [-0.2, 0) is 32.1 Å². The van der Waals surface area contributed by atoms with Crippen LogP contribution in [0.1, 0.15) is 24.5 Å². The molecule has 0 radical (unpaired) electrons. The Balaban J connectivity index is 1.55. The molecule has 0 fully saturated rings. The molecule has 172 valence electrons. The van der Waals surface area contributed by atoms with Crippen LogP contribution in [0.25, 0.3) is 0 Å². The lowest BCUT2D eigenvalue weighted by Crippen LogP contribution is -2.35. The van der Waals surface area contributed by atoms with Gasteiger partial charge in [-0.05, 0) is 24.5 Å². The predicted octanol–water partition coefficient (Wildman–Crippen LogP) is 3.02. The van der Waals surface area contributed by atoms with Crippen molar-refractivity contribution in [2.45, 2.75) is 32.4 Å². The lowest BCUT2D eigenvalue weighted by atomic mass is 10.2. The van der Waals surface area contributed by atoms with E-state index < -0.39 is 16.2 Å². The van der Waals surface area contributed by atoms with Gasteiger partial charge in [-0.3, -0.25) is 4.90 Å². The first-order chi connectivity index (χ1) is 15.3. The lowest BCUT2D eigenvalue weighted by molar-refractivity contribution is 0.0282. The van der Waals surface area contributed by atoms with Gasteiger partial charge in [0.15, 0.2) is 0 Å². The average Bonchev–Trinajstić information content (AvgIpc) is 3.16. The fraction of sp³-hybridized carbons (Fsp3) is 0.348. The monoisotopic (exact) mass is 459 g/mol. The van der Waals surface area contributed by atoms with Gasteiger partial charge in [0.05, 0.1) is 12.4 Å². The van der Waals surface area contributed by atoms with Gasteiger partial charge in [0.1, 0.15) is 13.4 Å². The van der Waals surface area contributed by atoms with Gasteiger partial charge in [-0.15, -0.1) is 0 Å². The third-order valence-corrected chi connectivity index (χ3v) is 5.94. The molecule has 0 saturated carbocycles. The lowest BCUT2D eigenvalue weighted by Gasteiger charge is -2.23. The average molecular weight is 460 g/mol. The van der Waals surface area contributed by atoms with Crippen LogP contribution < -0.4 is 5.73 Å². The van der Waals surface area contributed by atoms with E-state index in [9.17, 15) is 13.2 Å². The number of ether oxygens (including phenoxy) is 1. The number of amides is 1. The number of hydrogen-bond donors (Lipinski definition) is 1. The minimum absolute atomic E-state index is 0.129. The number of carbonyl (C=O) groups is 1. The van der Waals surface area contributed by atoms with Crippen LogP contribution in [-0.4, -0.2) is 49.5 Å². The minimum atomic E-state index is -4.02. The predicted molar refractivity (Wildman–Crippen MR) is 121 cm³/mol. The SMILES string of the molecule is C[C@@H](N)CC1=CN(C(=O)OS(=O)(=O)CCc2ccccc2)CN1COCc1ccccc1. The molecule has 0 spiro atoms. The van der Waals surface area contributed by atoms with Crippen LogP contribution in [0.5, 0.6) is 0 Å². The molecule has 2 aromatic carbocycles. The number of nitrogens with two attached hydrogens (primary N) is 1. The summed E-state index contributed by atoms with van der Waals surface area (Å²) in [4.78, 5) is 15.6. The minimum Gasteiger partial charge on any atom is -0.356 e. The van der Waals surface area contributed by atoms with E-state index in [0.717, 1.165) is 16.8 Å². The molecule has 2 aromatic rings. The second-order valence-electron chi connectivity index (χ2n) is 7.76. The fourth-order valence-electron chi connectivity index (χ4n) is 3.26. The summed E-state index contributed by atoms with van der Waals surface area (Å²) in [7, 11) is -4.02. The first-order valence-corrected chi connectivity index (χ1v) is 12.0. The highest BCUT2D eigenvalue weighted by Gasteiger charge is 2.29. The molecule has 0 bridgehead atoms. The first kappa shape index (κ1) is 23.8. The van der Waals surface area contributed by atoms with Crippen molar-refractivity contribution in [1.82, 2.24) is 9.80 Å². The highest BCUT2D eigenvalue weighted by molar-refractivity contribution is 7.87. The van der Waals surface area contributed by atoms with Gasteiger partial charge < -0.3 is 19.6 Å². The number of benzene rings is 2. The molecule has 1 aliphatic rings. The standard InChI is InChI=1S/C23H29N3O5S/c1-19(24)14-22-15-25(17-26(22)18-30-16-21-10-6-3-7-11-21)23(27)31-32(28,29)13-12-20-8-4-2-5-9-20/h2-11,15,19H,12-14,16-18,24H2,1H3/t19-/m1/s1. The van der Waals surface area contributed by atoms with Crippen molar-refractivity contribution in [1.29, 1.82) is 0 Å². The Kier molecular flexibility index (Phi) is 8.26. The Morgan fingerprint density at radius 2 is 1.69 bits per heavy atom. The molecule has 0 aromatic heterocycles. The molecular formula is C23H29N3O5S. The molecule has 1 atom stereocenters. The van der Waals surface area contributed by atoms with E-state index in [-0.39, 0.29) is 31.6 Å². The molecule has 8 nitrogen and oxygen atoms in total. The third-order valence-electron chi connectivity index (χ3n) is 4.84. The van der Waals surface area contributed by atoms with Crippen LogP contribution in [0, 0.1) is 0 Å². The van der Waals surface area contributed by atoms with Gasteiger partial charge in [-0.1, -0.05) is 60.7 Å². The van der Waals surface area contributed by atoms with E-state index in [1.807, 2.05) is 72.5 Å². The van der Waals surface area contributed by atoms with Gasteiger partial charge in [0.25, 0.3) is 0 Å². The summed E-state index contributed by atoms with van der Waals surface area (Å²) in [5.41, 5.74) is 8.61. The van der Waals surface area contributed by atoms with E-state index in [4.69, 9.17) is 14.7 Å². The number of hydrogen-bond acceptors (Lipinski definition) is 7. The van der Waals surface area contributed by atoms with Gasteiger partial charge in [-0.2, -0.15) is 8.42 Å². The topological polar surface area (TPSA) is 102 Å². The highest BCUT2D eigenvalue weighted by atomic mass is 32.2. The zero-order valence-corrected chi connectivity index (χ0v) is 18.9. The molecule has 3 rings (SSSR count). The van der Waals surface area contributed by atoms with Crippen molar-refractivity contribution in [2.24, 2.45) is 5.73 Å². The van der Waals surface area contributed by atoms with Crippen molar-refractivity contribution in [3.63, 3.8) is 0 Å². The Labute approximate surface area is 189 Å². The Morgan fingerprint density at radius 3 is 2.31 bits per heavy atom. The number of carbonyl (C=O) groups excluding carboxylic acids is 1. The van der Waals surface area contributed by atoms with E-state index in [2.05, 4.69) is 0 Å². The van der Waals surface area contributed by atoms with Gasteiger partial charge in [0.2, 0.25) is 0 Å². The second kappa shape index (κ2) is 11.1. The summed E-state index contributed by atoms with van der Waals surface area (Å²) >= 11 is 0. The van der Waals surface area contributed by atoms with Crippen molar-refractivity contribution in [3.05, 3.63) is 83.7 Å². The van der Waals surface area contributed by atoms with Crippen LogP contribution in [0.2, 0.25) is 0 Å². The molecule has 0 aliphatic carbocycles. The quantitative estimate of drug-likeness (QED) is 0.545. The molecule has 9 heteroatoms. The van der Waals surface area contributed by atoms with Crippen molar-refractivity contribution in [2.75, 3.05) is 19.2 Å². The van der Waals surface area contributed by atoms with Crippen LogP contribution >= 0.6 is 0 Å². The number of nitrogens with zero attached hydrogens (tertiary/aromatic N) is 2. The van der Waals surface area contributed by atoms with E-state index in [0.29, 0.717) is 13.0 Å². The normalized spacial score (nSPS) is 14.9. The van der Waals surface area contributed by atoms with Crippen molar-refractivity contribution >= 4 is 16.2 Å². The van der Waals surface area contributed by atoms with Crippen LogP contribution in [0.3, 0.4) is 0 Å². The largest absolute Gasteiger partial charge is 0.431 e. The zero-order chi connectivity index (χ0) is 23.0. The molecule has 2 N–H and O–H groups in total. The van der Waals surface area contributed by atoms with Crippen LogP contribution in [0.15, 0.2) is 72.6 Å². The summed E-state index contributed by atoms with van der Waals surface area (Å²) in [6.07, 6.45) is 1.41. The highest BCUT2D eigenvalue weighted by Crippen LogP contribution is 2.21. The van der Waals surface area contributed by atoms with Crippen molar-refractivity contribution in [3.8, 4) is 0 Å². The fourth-order valence-corrected chi connectivity index (χ4v) is 4.14. The maximum absolute atomic E-state index is 12.5. The molecule has 1 amide bonds. The summed E-state index contributed by atoms with van der Waals surface area (Å²) in [6, 6.07) is 18.8. The molecule has 0 unspecified atom stereocenters. The van der Waals surface area contributed by atoms with Gasteiger partial charge in [-0.25, -0.2) is 4.79 Å².